The van der Waals surface area contributed by atoms with E-state index in [-0.39, 0.29) is 5.91 Å². The third-order valence-corrected chi connectivity index (χ3v) is 6.06. The Balaban J connectivity index is 1.46. The highest BCUT2D eigenvalue weighted by atomic mass is 16.5. The number of nitrogens with zero attached hydrogens (tertiary/aromatic N) is 4. The van der Waals surface area contributed by atoms with Gasteiger partial charge in [-0.2, -0.15) is 4.98 Å². The smallest absolute Gasteiger partial charge is 0.273 e. The summed E-state index contributed by atoms with van der Waals surface area (Å²) in [4.78, 5) is 26.6. The normalized spacial score (nSPS) is 15.6. The summed E-state index contributed by atoms with van der Waals surface area (Å²) < 4.78 is 5.48. The second-order valence-electron chi connectivity index (χ2n) is 8.51. The lowest BCUT2D eigenvalue weighted by molar-refractivity contribution is 0.0774. The molecule has 3 aromatic rings. The number of benzene rings is 2. The number of hydrogen-bond acceptors (Lipinski definition) is 6. The molecule has 1 saturated heterocycles. The van der Waals surface area contributed by atoms with Crippen LogP contribution in [-0.4, -0.2) is 53.6 Å². The monoisotopic (exact) mass is 443 g/mol. The van der Waals surface area contributed by atoms with Crippen LogP contribution in [0.15, 0.2) is 54.6 Å². The summed E-state index contributed by atoms with van der Waals surface area (Å²) in [5, 5.41) is 3.51. The third kappa shape index (κ3) is 4.68. The number of anilines is 3. The van der Waals surface area contributed by atoms with Crippen molar-refractivity contribution in [1.29, 1.82) is 0 Å². The molecule has 1 aromatic heterocycles. The first-order chi connectivity index (χ1) is 16.2. The third-order valence-electron chi connectivity index (χ3n) is 6.06. The quantitative estimate of drug-likeness (QED) is 0.595. The molecule has 0 unspecified atom stereocenters. The van der Waals surface area contributed by atoms with Gasteiger partial charge in [-0.3, -0.25) is 4.79 Å². The molecule has 7 nitrogen and oxygen atoms in total. The topological polar surface area (TPSA) is 70.6 Å². The molecule has 7 heteroatoms. The van der Waals surface area contributed by atoms with Crippen LogP contribution in [0.1, 0.15) is 40.5 Å². The fourth-order valence-corrected chi connectivity index (χ4v) is 4.40. The van der Waals surface area contributed by atoms with E-state index in [0.29, 0.717) is 43.8 Å². The molecule has 0 bridgehead atoms. The van der Waals surface area contributed by atoms with Crippen LogP contribution in [0.3, 0.4) is 0 Å². The lowest BCUT2D eigenvalue weighted by atomic mass is 10.0. The first kappa shape index (κ1) is 21.4. The molecule has 1 fully saturated rings. The van der Waals surface area contributed by atoms with E-state index in [2.05, 4.69) is 59.6 Å². The standard InChI is InChI=1S/C26H29N5O2/c1-2-11-31-18-22-23(25(31)32)28-26(30-12-14-33-15-13-30)29-24(22)27-21-10-6-9-20(17-21)16-19-7-4-3-5-8-19/h3-10,17H,2,11-16,18H2,1H3,(H,27,28,29). The van der Waals surface area contributed by atoms with E-state index in [4.69, 9.17) is 14.7 Å². The molecule has 0 aliphatic carbocycles. The maximum atomic E-state index is 13.0. The Morgan fingerprint density at radius 1 is 1.00 bits per heavy atom. The zero-order chi connectivity index (χ0) is 22.6. The lowest BCUT2D eigenvalue weighted by Crippen LogP contribution is -2.37. The number of carbonyl (C=O) groups is 1. The van der Waals surface area contributed by atoms with Crippen molar-refractivity contribution < 1.29 is 9.53 Å². The van der Waals surface area contributed by atoms with E-state index >= 15 is 0 Å². The van der Waals surface area contributed by atoms with Gasteiger partial charge in [-0.05, 0) is 36.1 Å². The van der Waals surface area contributed by atoms with E-state index in [1.165, 1.54) is 11.1 Å². The Morgan fingerprint density at radius 3 is 2.58 bits per heavy atom. The number of rotatable bonds is 7. The van der Waals surface area contributed by atoms with Crippen LogP contribution in [0.25, 0.3) is 0 Å². The number of nitrogens with one attached hydrogen (secondary N) is 1. The van der Waals surface area contributed by atoms with E-state index in [9.17, 15) is 4.79 Å². The van der Waals surface area contributed by atoms with Gasteiger partial charge in [0.15, 0.2) is 0 Å². The average molecular weight is 444 g/mol. The Kier molecular flexibility index (Phi) is 6.21. The summed E-state index contributed by atoms with van der Waals surface area (Å²) in [7, 11) is 0. The van der Waals surface area contributed by atoms with E-state index in [0.717, 1.165) is 37.2 Å². The van der Waals surface area contributed by atoms with Crippen LogP contribution in [0, 0.1) is 0 Å². The first-order valence-corrected chi connectivity index (χ1v) is 11.6. The molecule has 170 valence electrons. The fraction of sp³-hybridized carbons (Fsp3) is 0.346. The van der Waals surface area contributed by atoms with Gasteiger partial charge in [0.05, 0.1) is 19.8 Å². The molecule has 1 N–H and O–H groups in total. The molecular formula is C26H29N5O2. The predicted octanol–water partition coefficient (Wildman–Crippen LogP) is 4.01. The second-order valence-corrected chi connectivity index (χ2v) is 8.51. The molecule has 33 heavy (non-hydrogen) atoms. The van der Waals surface area contributed by atoms with Crippen molar-refractivity contribution in [3.8, 4) is 0 Å². The number of hydrogen-bond donors (Lipinski definition) is 1. The molecule has 0 atom stereocenters. The van der Waals surface area contributed by atoms with Crippen LogP contribution in [0.2, 0.25) is 0 Å². The van der Waals surface area contributed by atoms with Gasteiger partial charge in [0.25, 0.3) is 5.91 Å². The molecule has 5 rings (SSSR count). The van der Waals surface area contributed by atoms with Gasteiger partial charge in [0, 0.05) is 30.9 Å². The highest BCUT2D eigenvalue weighted by Gasteiger charge is 2.33. The molecular weight excluding hydrogens is 414 g/mol. The summed E-state index contributed by atoms with van der Waals surface area (Å²) in [6.07, 6.45) is 1.77. The Morgan fingerprint density at radius 2 is 1.79 bits per heavy atom. The van der Waals surface area contributed by atoms with E-state index < -0.39 is 0 Å². The number of ether oxygens (including phenoxy) is 1. The molecule has 0 saturated carbocycles. The van der Waals surface area contributed by atoms with Crippen molar-refractivity contribution in [2.24, 2.45) is 0 Å². The number of aromatic nitrogens is 2. The van der Waals surface area contributed by atoms with Crippen molar-refractivity contribution in [2.45, 2.75) is 26.3 Å². The minimum absolute atomic E-state index is 0.00959. The van der Waals surface area contributed by atoms with E-state index in [1.54, 1.807) is 0 Å². The highest BCUT2D eigenvalue weighted by Crippen LogP contribution is 2.31. The average Bonchev–Trinajstić information content (AvgIpc) is 3.16. The van der Waals surface area contributed by atoms with Gasteiger partial charge < -0.3 is 19.9 Å². The lowest BCUT2D eigenvalue weighted by Gasteiger charge is -2.27. The predicted molar refractivity (Wildman–Crippen MR) is 129 cm³/mol. The van der Waals surface area contributed by atoms with Gasteiger partial charge in [-0.25, -0.2) is 4.98 Å². The van der Waals surface area contributed by atoms with Gasteiger partial charge in [0.2, 0.25) is 5.95 Å². The molecule has 2 aliphatic rings. The summed E-state index contributed by atoms with van der Waals surface area (Å²) >= 11 is 0. The number of amides is 1. The van der Waals surface area contributed by atoms with Gasteiger partial charge in [0.1, 0.15) is 11.5 Å². The van der Waals surface area contributed by atoms with Gasteiger partial charge in [-0.15, -0.1) is 0 Å². The maximum absolute atomic E-state index is 13.0. The van der Waals surface area contributed by atoms with Crippen LogP contribution in [0.5, 0.6) is 0 Å². The Hall–Kier alpha value is -3.45. The summed E-state index contributed by atoms with van der Waals surface area (Å²) in [5.41, 5.74) is 4.84. The number of carbonyl (C=O) groups excluding carboxylic acids is 1. The second kappa shape index (κ2) is 9.58. The summed E-state index contributed by atoms with van der Waals surface area (Å²) in [6, 6.07) is 18.8. The van der Waals surface area contributed by atoms with Crippen LogP contribution in [0.4, 0.5) is 17.5 Å². The molecule has 2 aromatic carbocycles. The largest absolute Gasteiger partial charge is 0.378 e. The minimum Gasteiger partial charge on any atom is -0.378 e. The van der Waals surface area contributed by atoms with Crippen LogP contribution < -0.4 is 10.2 Å². The van der Waals surface area contributed by atoms with Crippen molar-refractivity contribution >= 4 is 23.4 Å². The van der Waals surface area contributed by atoms with Crippen molar-refractivity contribution in [3.63, 3.8) is 0 Å². The van der Waals surface area contributed by atoms with Crippen molar-refractivity contribution in [2.75, 3.05) is 43.1 Å². The molecule has 2 aliphatic heterocycles. The SMILES string of the molecule is CCCN1Cc2c(Nc3cccc(Cc4ccccc4)c3)nc(N3CCOCC3)nc2C1=O. The number of fused-ring (bicyclic) bond motifs is 1. The van der Waals surface area contributed by atoms with Crippen molar-refractivity contribution in [3.05, 3.63) is 77.0 Å². The Bertz CT molecular complexity index is 1130. The molecule has 1 amide bonds. The zero-order valence-corrected chi connectivity index (χ0v) is 19.0. The van der Waals surface area contributed by atoms with Gasteiger partial charge >= 0.3 is 0 Å². The summed E-state index contributed by atoms with van der Waals surface area (Å²) in [5.74, 6) is 1.29. The maximum Gasteiger partial charge on any atom is 0.273 e. The zero-order valence-electron chi connectivity index (χ0n) is 19.0. The van der Waals surface area contributed by atoms with Crippen LogP contribution >= 0.6 is 0 Å². The van der Waals surface area contributed by atoms with Gasteiger partial charge in [-0.1, -0.05) is 49.4 Å². The minimum atomic E-state index is -0.00959. The Labute approximate surface area is 194 Å². The van der Waals surface area contributed by atoms with E-state index in [1.807, 2.05) is 17.0 Å². The van der Waals surface area contributed by atoms with Crippen molar-refractivity contribution in [1.82, 2.24) is 14.9 Å². The molecule has 3 heterocycles. The first-order valence-electron chi connectivity index (χ1n) is 11.6. The highest BCUT2D eigenvalue weighted by molar-refractivity contribution is 5.98. The number of morpholine rings is 1. The fourth-order valence-electron chi connectivity index (χ4n) is 4.40. The molecule has 0 radical (unpaired) electrons. The molecule has 0 spiro atoms. The summed E-state index contributed by atoms with van der Waals surface area (Å²) in [6.45, 7) is 6.06. The van der Waals surface area contributed by atoms with Crippen LogP contribution in [-0.2, 0) is 17.7 Å².